The summed E-state index contributed by atoms with van der Waals surface area (Å²) >= 11 is 0. The Kier molecular flexibility index (Phi) is 3.89. The third kappa shape index (κ3) is 3.17. The maximum absolute atomic E-state index is 12.1. The molecule has 0 aliphatic rings. The number of aromatic hydroxyl groups is 1. The highest BCUT2D eigenvalue weighted by atomic mass is 16.6. The van der Waals surface area contributed by atoms with Crippen LogP contribution in [0.2, 0.25) is 0 Å². The van der Waals surface area contributed by atoms with Gasteiger partial charge in [0.25, 0.3) is 11.6 Å². The van der Waals surface area contributed by atoms with Crippen LogP contribution in [0.5, 0.6) is 5.75 Å². The monoisotopic (exact) mass is 286 g/mol. The molecule has 0 aliphatic carbocycles. The zero-order valence-corrected chi connectivity index (χ0v) is 11.6. The van der Waals surface area contributed by atoms with Crippen LogP contribution < -0.4 is 5.32 Å². The van der Waals surface area contributed by atoms with Crippen LogP contribution in [0.4, 0.5) is 11.4 Å². The third-order valence-corrected chi connectivity index (χ3v) is 3.12. The minimum atomic E-state index is -0.491. The number of hydrogen-bond acceptors (Lipinski definition) is 4. The van der Waals surface area contributed by atoms with Gasteiger partial charge in [0, 0.05) is 28.9 Å². The highest BCUT2D eigenvalue weighted by molar-refractivity contribution is 6.04. The van der Waals surface area contributed by atoms with Crippen LogP contribution in [0.3, 0.4) is 0 Å². The number of nitro groups is 1. The Morgan fingerprint density at radius 3 is 2.43 bits per heavy atom. The molecule has 2 rings (SSSR count). The Morgan fingerprint density at radius 2 is 1.86 bits per heavy atom. The fourth-order valence-corrected chi connectivity index (χ4v) is 1.89. The molecule has 108 valence electrons. The summed E-state index contributed by atoms with van der Waals surface area (Å²) in [5.41, 5.74) is 1.87. The van der Waals surface area contributed by atoms with Crippen LogP contribution in [0.25, 0.3) is 0 Å². The fourth-order valence-electron chi connectivity index (χ4n) is 1.89. The first-order chi connectivity index (χ1) is 9.88. The number of anilines is 1. The van der Waals surface area contributed by atoms with Gasteiger partial charge in [0.05, 0.1) is 4.92 Å². The van der Waals surface area contributed by atoms with Gasteiger partial charge < -0.3 is 10.4 Å². The lowest BCUT2D eigenvalue weighted by Gasteiger charge is -2.07. The highest BCUT2D eigenvalue weighted by Gasteiger charge is 2.14. The molecule has 6 nitrogen and oxygen atoms in total. The summed E-state index contributed by atoms with van der Waals surface area (Å²) in [6.45, 7) is 3.33. The minimum Gasteiger partial charge on any atom is -0.508 e. The molecule has 0 saturated carbocycles. The fraction of sp³-hybridized carbons (Fsp3) is 0.133. The standard InChI is InChI=1S/C15H14N2O4/c1-9-3-5-12(8-14(9)18)16-15(19)11-4-6-13(17(20)21)10(2)7-11/h3-8,18H,1-2H3,(H,16,19). The van der Waals surface area contributed by atoms with E-state index in [4.69, 9.17) is 0 Å². The van der Waals surface area contributed by atoms with E-state index in [1.165, 1.54) is 24.3 Å². The molecule has 2 aromatic carbocycles. The van der Waals surface area contributed by atoms with Crippen molar-refractivity contribution in [2.75, 3.05) is 5.32 Å². The molecule has 6 heteroatoms. The first-order valence-electron chi connectivity index (χ1n) is 6.24. The molecule has 2 N–H and O–H groups in total. The molecule has 0 heterocycles. The molecule has 1 amide bonds. The van der Waals surface area contributed by atoms with Crippen LogP contribution >= 0.6 is 0 Å². The summed E-state index contributed by atoms with van der Waals surface area (Å²) in [6.07, 6.45) is 0. The third-order valence-electron chi connectivity index (χ3n) is 3.12. The van der Waals surface area contributed by atoms with E-state index in [0.717, 1.165) is 0 Å². The molecular weight excluding hydrogens is 272 g/mol. The number of phenolic OH excluding ortho intramolecular Hbond substituents is 1. The molecule has 0 saturated heterocycles. The lowest BCUT2D eigenvalue weighted by Crippen LogP contribution is -2.12. The van der Waals surface area contributed by atoms with Crippen LogP contribution in [0.1, 0.15) is 21.5 Å². The normalized spacial score (nSPS) is 10.2. The first kappa shape index (κ1) is 14.5. The summed E-state index contributed by atoms with van der Waals surface area (Å²) in [4.78, 5) is 22.3. The average Bonchev–Trinajstić information content (AvgIpc) is 2.42. The second-order valence-electron chi connectivity index (χ2n) is 4.71. The maximum Gasteiger partial charge on any atom is 0.272 e. The second-order valence-corrected chi connectivity index (χ2v) is 4.71. The summed E-state index contributed by atoms with van der Waals surface area (Å²) in [6, 6.07) is 8.97. The van der Waals surface area contributed by atoms with Crippen molar-refractivity contribution in [3.8, 4) is 5.75 Å². The molecule has 0 aromatic heterocycles. The number of nitrogens with one attached hydrogen (secondary N) is 1. The number of rotatable bonds is 3. The Morgan fingerprint density at radius 1 is 1.14 bits per heavy atom. The van der Waals surface area contributed by atoms with Gasteiger partial charge in [-0.3, -0.25) is 14.9 Å². The average molecular weight is 286 g/mol. The summed E-state index contributed by atoms with van der Waals surface area (Å²) in [5, 5.41) is 23.0. The van der Waals surface area contributed by atoms with Crippen LogP contribution in [-0.4, -0.2) is 15.9 Å². The number of benzene rings is 2. The molecule has 2 aromatic rings. The van der Waals surface area contributed by atoms with E-state index in [-0.39, 0.29) is 11.4 Å². The van der Waals surface area contributed by atoms with E-state index < -0.39 is 10.8 Å². The van der Waals surface area contributed by atoms with Crippen molar-refractivity contribution in [1.82, 2.24) is 0 Å². The number of hydrogen-bond donors (Lipinski definition) is 2. The minimum absolute atomic E-state index is 0.0282. The number of carbonyl (C=O) groups is 1. The van der Waals surface area contributed by atoms with Gasteiger partial charge in [0.2, 0.25) is 0 Å². The van der Waals surface area contributed by atoms with Gasteiger partial charge in [0.1, 0.15) is 5.75 Å². The second kappa shape index (κ2) is 5.62. The number of aryl methyl sites for hydroxylation is 2. The van der Waals surface area contributed by atoms with Crippen LogP contribution in [0, 0.1) is 24.0 Å². The van der Waals surface area contributed by atoms with E-state index in [9.17, 15) is 20.0 Å². The molecule has 0 spiro atoms. The van der Waals surface area contributed by atoms with Gasteiger partial charge in [0.15, 0.2) is 0 Å². The molecule has 0 radical (unpaired) electrons. The van der Waals surface area contributed by atoms with E-state index in [1.807, 2.05) is 0 Å². The van der Waals surface area contributed by atoms with Crippen molar-refractivity contribution in [3.63, 3.8) is 0 Å². The smallest absolute Gasteiger partial charge is 0.272 e. The first-order valence-corrected chi connectivity index (χ1v) is 6.24. The summed E-state index contributed by atoms with van der Waals surface area (Å²) in [7, 11) is 0. The number of carbonyl (C=O) groups excluding carboxylic acids is 1. The van der Waals surface area contributed by atoms with Gasteiger partial charge >= 0.3 is 0 Å². The Hall–Kier alpha value is -2.89. The van der Waals surface area contributed by atoms with Crippen LogP contribution in [0.15, 0.2) is 36.4 Å². The topological polar surface area (TPSA) is 92.5 Å². The Labute approximate surface area is 121 Å². The molecule has 0 unspecified atom stereocenters. The largest absolute Gasteiger partial charge is 0.508 e. The Balaban J connectivity index is 2.22. The quantitative estimate of drug-likeness (QED) is 0.669. The van der Waals surface area contributed by atoms with Crippen molar-refractivity contribution in [3.05, 3.63) is 63.2 Å². The van der Waals surface area contributed by atoms with Gasteiger partial charge in [-0.25, -0.2) is 0 Å². The number of amides is 1. The SMILES string of the molecule is Cc1ccc(NC(=O)c2ccc([N+](=O)[O-])c(C)c2)cc1O. The molecule has 21 heavy (non-hydrogen) atoms. The van der Waals surface area contributed by atoms with E-state index in [0.29, 0.717) is 22.4 Å². The molecular formula is C15H14N2O4. The predicted molar refractivity (Wildman–Crippen MR) is 78.6 cm³/mol. The van der Waals surface area contributed by atoms with Crippen molar-refractivity contribution >= 4 is 17.3 Å². The van der Waals surface area contributed by atoms with Gasteiger partial charge in [-0.2, -0.15) is 0 Å². The van der Waals surface area contributed by atoms with Gasteiger partial charge in [-0.1, -0.05) is 6.07 Å². The number of nitro benzene ring substituents is 1. The van der Waals surface area contributed by atoms with Crippen molar-refractivity contribution in [1.29, 1.82) is 0 Å². The van der Waals surface area contributed by atoms with Crippen molar-refractivity contribution in [2.45, 2.75) is 13.8 Å². The lowest BCUT2D eigenvalue weighted by atomic mass is 10.1. The van der Waals surface area contributed by atoms with Gasteiger partial charge in [-0.15, -0.1) is 0 Å². The molecule has 0 atom stereocenters. The van der Waals surface area contributed by atoms with Crippen LogP contribution in [-0.2, 0) is 0 Å². The Bertz CT molecular complexity index is 726. The molecule has 0 aliphatic heterocycles. The lowest BCUT2D eigenvalue weighted by molar-refractivity contribution is -0.385. The van der Waals surface area contributed by atoms with Crippen molar-refractivity contribution < 1.29 is 14.8 Å². The van der Waals surface area contributed by atoms with E-state index in [1.54, 1.807) is 26.0 Å². The number of phenols is 1. The highest BCUT2D eigenvalue weighted by Crippen LogP contribution is 2.22. The zero-order chi connectivity index (χ0) is 15.6. The van der Waals surface area contributed by atoms with E-state index in [2.05, 4.69) is 5.32 Å². The predicted octanol–water partition coefficient (Wildman–Crippen LogP) is 3.17. The maximum atomic E-state index is 12.1. The molecule has 0 fully saturated rings. The summed E-state index contributed by atoms with van der Waals surface area (Å²) < 4.78 is 0. The summed E-state index contributed by atoms with van der Waals surface area (Å²) in [5.74, 6) is -0.302. The van der Waals surface area contributed by atoms with Gasteiger partial charge in [-0.05, 0) is 37.6 Å². The molecule has 0 bridgehead atoms. The van der Waals surface area contributed by atoms with Crippen molar-refractivity contribution in [2.24, 2.45) is 0 Å². The van der Waals surface area contributed by atoms with E-state index >= 15 is 0 Å². The number of nitrogens with zero attached hydrogens (tertiary/aromatic N) is 1. The zero-order valence-electron chi connectivity index (χ0n) is 11.6.